The molecule has 1 aromatic carbocycles. The average molecular weight is 286 g/mol. The molecule has 114 valence electrons. The van der Waals surface area contributed by atoms with Gasteiger partial charge in [0.05, 0.1) is 11.4 Å². The van der Waals surface area contributed by atoms with Crippen LogP contribution in [0.3, 0.4) is 0 Å². The Morgan fingerprint density at radius 2 is 1.95 bits per heavy atom. The molecule has 0 aliphatic carbocycles. The molecule has 4 nitrogen and oxygen atoms in total. The van der Waals surface area contributed by atoms with Crippen molar-refractivity contribution in [3.8, 4) is 0 Å². The fourth-order valence-corrected chi connectivity index (χ4v) is 2.71. The third-order valence-corrected chi connectivity index (χ3v) is 3.92. The minimum absolute atomic E-state index is 0.829. The first-order chi connectivity index (χ1) is 10.1. The van der Waals surface area contributed by atoms with Gasteiger partial charge in [0.25, 0.3) is 0 Å². The highest BCUT2D eigenvalue weighted by atomic mass is 15.4. The number of aryl methyl sites for hydroxylation is 3. The van der Waals surface area contributed by atoms with Crippen LogP contribution in [0.4, 0.5) is 11.5 Å². The third kappa shape index (κ3) is 3.20. The minimum Gasteiger partial charge on any atom is -0.394 e. The van der Waals surface area contributed by atoms with Crippen molar-refractivity contribution < 1.29 is 0 Å². The summed E-state index contributed by atoms with van der Waals surface area (Å²) in [5, 5.41) is 4.58. The number of aromatic nitrogens is 2. The predicted octanol–water partition coefficient (Wildman–Crippen LogP) is 3.29. The Morgan fingerprint density at radius 1 is 1.24 bits per heavy atom. The summed E-state index contributed by atoms with van der Waals surface area (Å²) in [6.07, 6.45) is 1.99. The number of rotatable bonds is 6. The van der Waals surface area contributed by atoms with Gasteiger partial charge < -0.3 is 10.6 Å². The molecule has 0 atom stereocenters. The standard InChI is InChI=1S/C17H26N4/c1-5-9-15-16(18)17(20(4)19-15)21(6-2)12-14-11-8-7-10-13(14)3/h7-8,10-11H,5-6,9,12,18H2,1-4H3. The fourth-order valence-electron chi connectivity index (χ4n) is 2.71. The van der Waals surface area contributed by atoms with Crippen LogP contribution in [0.1, 0.15) is 37.1 Å². The largest absolute Gasteiger partial charge is 0.394 e. The Bertz CT molecular complexity index is 601. The van der Waals surface area contributed by atoms with Crippen molar-refractivity contribution in [1.82, 2.24) is 9.78 Å². The molecule has 0 unspecified atom stereocenters. The van der Waals surface area contributed by atoms with E-state index in [2.05, 4.69) is 55.0 Å². The van der Waals surface area contributed by atoms with E-state index in [1.165, 1.54) is 11.1 Å². The zero-order valence-corrected chi connectivity index (χ0v) is 13.6. The molecule has 2 aromatic rings. The lowest BCUT2D eigenvalue weighted by Gasteiger charge is -2.24. The van der Waals surface area contributed by atoms with Crippen molar-refractivity contribution in [2.45, 2.75) is 40.2 Å². The molecule has 0 bridgehead atoms. The van der Waals surface area contributed by atoms with E-state index in [-0.39, 0.29) is 0 Å². The molecule has 2 N–H and O–H groups in total. The number of anilines is 2. The Hall–Kier alpha value is -1.97. The Kier molecular flexibility index (Phi) is 4.89. The Labute approximate surface area is 127 Å². The van der Waals surface area contributed by atoms with Crippen LogP contribution in [0.5, 0.6) is 0 Å². The first kappa shape index (κ1) is 15.4. The topological polar surface area (TPSA) is 47.1 Å². The van der Waals surface area contributed by atoms with Gasteiger partial charge in [-0.25, -0.2) is 0 Å². The van der Waals surface area contributed by atoms with Crippen LogP contribution in [0.25, 0.3) is 0 Å². The zero-order valence-electron chi connectivity index (χ0n) is 13.6. The van der Waals surface area contributed by atoms with Gasteiger partial charge in [-0.1, -0.05) is 37.6 Å². The molecule has 1 aromatic heterocycles. The van der Waals surface area contributed by atoms with E-state index in [0.717, 1.165) is 43.1 Å². The molecule has 0 saturated carbocycles. The number of nitrogen functional groups attached to an aromatic ring is 1. The summed E-state index contributed by atoms with van der Waals surface area (Å²) < 4.78 is 1.92. The first-order valence-electron chi connectivity index (χ1n) is 7.69. The highest BCUT2D eigenvalue weighted by Gasteiger charge is 2.18. The molecular weight excluding hydrogens is 260 g/mol. The van der Waals surface area contributed by atoms with Gasteiger partial charge in [-0.2, -0.15) is 5.10 Å². The number of nitrogens with two attached hydrogens (primary N) is 1. The van der Waals surface area contributed by atoms with Gasteiger partial charge in [0, 0.05) is 20.1 Å². The molecule has 0 spiro atoms. The van der Waals surface area contributed by atoms with E-state index in [4.69, 9.17) is 5.73 Å². The number of nitrogens with zero attached hydrogens (tertiary/aromatic N) is 3. The molecule has 0 aliphatic heterocycles. The van der Waals surface area contributed by atoms with Gasteiger partial charge in [-0.3, -0.25) is 4.68 Å². The minimum atomic E-state index is 0.829. The monoisotopic (exact) mass is 286 g/mol. The van der Waals surface area contributed by atoms with Gasteiger partial charge in [0.15, 0.2) is 5.82 Å². The summed E-state index contributed by atoms with van der Waals surface area (Å²) in [7, 11) is 1.98. The second-order valence-corrected chi connectivity index (χ2v) is 5.50. The van der Waals surface area contributed by atoms with Gasteiger partial charge in [-0.15, -0.1) is 0 Å². The molecule has 1 heterocycles. The molecular formula is C17H26N4. The second kappa shape index (κ2) is 6.66. The number of hydrogen-bond acceptors (Lipinski definition) is 3. The summed E-state index contributed by atoms with van der Waals surface area (Å²) in [4.78, 5) is 2.30. The first-order valence-corrected chi connectivity index (χ1v) is 7.69. The molecule has 0 amide bonds. The lowest BCUT2D eigenvalue weighted by molar-refractivity contribution is 0.695. The molecule has 0 saturated heterocycles. The third-order valence-electron chi connectivity index (χ3n) is 3.92. The normalized spacial score (nSPS) is 10.9. The van der Waals surface area contributed by atoms with E-state index in [1.807, 2.05) is 11.7 Å². The molecule has 0 radical (unpaired) electrons. The molecule has 0 fully saturated rings. The summed E-state index contributed by atoms with van der Waals surface area (Å²) in [6.45, 7) is 8.23. The highest BCUT2D eigenvalue weighted by Crippen LogP contribution is 2.28. The quantitative estimate of drug-likeness (QED) is 0.886. The fraction of sp³-hybridized carbons (Fsp3) is 0.471. The van der Waals surface area contributed by atoms with Crippen molar-refractivity contribution in [3.05, 3.63) is 41.1 Å². The van der Waals surface area contributed by atoms with Gasteiger partial charge >= 0.3 is 0 Å². The van der Waals surface area contributed by atoms with Gasteiger partial charge in [-0.05, 0) is 31.4 Å². The molecule has 2 rings (SSSR count). The SMILES string of the molecule is CCCc1nn(C)c(N(CC)Cc2ccccc2C)c1N. The van der Waals surface area contributed by atoms with Crippen LogP contribution in [0.2, 0.25) is 0 Å². The average Bonchev–Trinajstić information content (AvgIpc) is 2.74. The van der Waals surface area contributed by atoms with Gasteiger partial charge in [0.1, 0.15) is 0 Å². The lowest BCUT2D eigenvalue weighted by atomic mass is 10.1. The summed E-state index contributed by atoms with van der Waals surface area (Å²) in [6, 6.07) is 8.49. The maximum absolute atomic E-state index is 6.33. The Morgan fingerprint density at radius 3 is 2.57 bits per heavy atom. The summed E-state index contributed by atoms with van der Waals surface area (Å²) in [5.74, 6) is 1.03. The maximum atomic E-state index is 6.33. The van der Waals surface area contributed by atoms with Crippen molar-refractivity contribution in [1.29, 1.82) is 0 Å². The highest BCUT2D eigenvalue weighted by molar-refractivity contribution is 5.66. The smallest absolute Gasteiger partial charge is 0.150 e. The Balaban J connectivity index is 2.32. The predicted molar refractivity (Wildman–Crippen MR) is 89.5 cm³/mol. The van der Waals surface area contributed by atoms with Crippen LogP contribution in [-0.2, 0) is 20.0 Å². The van der Waals surface area contributed by atoms with Crippen molar-refractivity contribution in [2.75, 3.05) is 17.2 Å². The maximum Gasteiger partial charge on any atom is 0.150 e. The van der Waals surface area contributed by atoms with Crippen LogP contribution >= 0.6 is 0 Å². The van der Waals surface area contributed by atoms with Crippen LogP contribution in [0.15, 0.2) is 24.3 Å². The lowest BCUT2D eigenvalue weighted by Crippen LogP contribution is -2.25. The van der Waals surface area contributed by atoms with E-state index in [1.54, 1.807) is 0 Å². The van der Waals surface area contributed by atoms with E-state index in [9.17, 15) is 0 Å². The van der Waals surface area contributed by atoms with Crippen LogP contribution < -0.4 is 10.6 Å². The molecule has 0 aliphatic rings. The zero-order chi connectivity index (χ0) is 15.4. The van der Waals surface area contributed by atoms with E-state index in [0.29, 0.717) is 0 Å². The summed E-state index contributed by atoms with van der Waals surface area (Å²) in [5.41, 5.74) is 10.8. The van der Waals surface area contributed by atoms with E-state index < -0.39 is 0 Å². The van der Waals surface area contributed by atoms with Crippen molar-refractivity contribution in [2.24, 2.45) is 7.05 Å². The van der Waals surface area contributed by atoms with E-state index >= 15 is 0 Å². The summed E-state index contributed by atoms with van der Waals surface area (Å²) >= 11 is 0. The van der Waals surface area contributed by atoms with Crippen LogP contribution in [0, 0.1) is 6.92 Å². The van der Waals surface area contributed by atoms with Crippen molar-refractivity contribution >= 4 is 11.5 Å². The van der Waals surface area contributed by atoms with Gasteiger partial charge in [0.2, 0.25) is 0 Å². The second-order valence-electron chi connectivity index (χ2n) is 5.50. The number of hydrogen-bond donors (Lipinski definition) is 1. The number of benzene rings is 1. The van der Waals surface area contributed by atoms with Crippen LogP contribution in [-0.4, -0.2) is 16.3 Å². The van der Waals surface area contributed by atoms with Crippen molar-refractivity contribution in [3.63, 3.8) is 0 Å². The molecule has 4 heteroatoms. The molecule has 21 heavy (non-hydrogen) atoms.